The van der Waals surface area contributed by atoms with E-state index >= 15 is 0 Å². The molecule has 2 aliphatic heterocycles. The van der Waals surface area contributed by atoms with Crippen LogP contribution >= 0.6 is 23.5 Å². The molecule has 2 aromatic rings. The fourth-order valence-corrected chi connectivity index (χ4v) is 6.03. The molecule has 4 rings (SSSR count). The molecule has 0 aromatic carbocycles. The van der Waals surface area contributed by atoms with Crippen LogP contribution in [-0.4, -0.2) is 126 Å². The van der Waals surface area contributed by atoms with E-state index in [1.165, 1.54) is 17.1 Å². The summed E-state index contributed by atoms with van der Waals surface area (Å²) in [5.41, 5.74) is 0.352. The molecule has 0 radical (unpaired) electrons. The van der Waals surface area contributed by atoms with Crippen LogP contribution in [0.2, 0.25) is 0 Å². The molecular formula is C16H25N4O18P3. The van der Waals surface area contributed by atoms with Gasteiger partial charge in [-0.05, 0) is 0 Å². The van der Waals surface area contributed by atoms with Gasteiger partial charge in [-0.25, -0.2) is 28.6 Å². The summed E-state index contributed by atoms with van der Waals surface area (Å²) in [4.78, 5) is 68.1. The zero-order valence-electron chi connectivity index (χ0n) is 20.2. The molecule has 0 amide bonds. The van der Waals surface area contributed by atoms with Gasteiger partial charge in [-0.3, -0.25) is 18.1 Å². The lowest BCUT2D eigenvalue weighted by atomic mass is 9.99. The quantitative estimate of drug-likeness (QED) is 0.107. The average molecular weight is 654 g/mol. The molecule has 0 bridgehead atoms. The van der Waals surface area contributed by atoms with Gasteiger partial charge in [0.15, 0.2) is 18.2 Å². The second-order valence-corrected chi connectivity index (χ2v) is 12.2. The Morgan fingerprint density at radius 3 is 1.95 bits per heavy atom. The number of rotatable bonds is 11. The molecule has 25 heteroatoms. The standard InChI is InChI=1S/C16H25N4O18P3/c21-2-7-10(13(38-41(30,31)32)15(33-7)20-5-19-6-1-17-4-18-14(6)20)35-16-9(23)12(37-40(27,28)29)11(8(3-22)34-16)36-39(24,25)26/h1,4-5,7-13,15-16,21-23H,2-3H2,(H2,24,25,26)(H2,27,28,29)(H2,30,31,32)/t7-,8-,9-,10-,11-,12-,13-,15-,16-/m1/s1. The first-order chi connectivity index (χ1) is 19.0. The van der Waals surface area contributed by atoms with Crippen molar-refractivity contribution in [2.45, 2.75) is 55.2 Å². The molecule has 232 valence electrons. The zero-order valence-corrected chi connectivity index (χ0v) is 22.9. The maximum atomic E-state index is 11.9. The van der Waals surface area contributed by atoms with E-state index in [9.17, 15) is 58.4 Å². The lowest BCUT2D eigenvalue weighted by molar-refractivity contribution is -0.313. The first-order valence-corrected chi connectivity index (χ1v) is 15.8. The second-order valence-electron chi connectivity index (χ2n) is 8.63. The average Bonchev–Trinajstić information content (AvgIpc) is 3.41. The Hall–Kier alpha value is -1.36. The van der Waals surface area contributed by atoms with Crippen molar-refractivity contribution in [3.05, 3.63) is 18.9 Å². The van der Waals surface area contributed by atoms with Crippen LogP contribution in [0.25, 0.3) is 11.2 Å². The highest BCUT2D eigenvalue weighted by molar-refractivity contribution is 7.46. The van der Waals surface area contributed by atoms with E-state index in [0.29, 0.717) is 0 Å². The molecule has 0 unspecified atom stereocenters. The topological polar surface area (TPSA) is 332 Å². The molecule has 2 fully saturated rings. The number of hydrogen-bond donors (Lipinski definition) is 9. The molecule has 0 aliphatic carbocycles. The van der Waals surface area contributed by atoms with E-state index in [0.717, 1.165) is 6.33 Å². The summed E-state index contributed by atoms with van der Waals surface area (Å²) in [7, 11) is -16.3. The first kappa shape index (κ1) is 32.6. The second kappa shape index (κ2) is 12.3. The third-order valence-corrected chi connectivity index (χ3v) is 7.40. The van der Waals surface area contributed by atoms with E-state index in [4.69, 9.17) is 18.7 Å². The minimum Gasteiger partial charge on any atom is -0.394 e. The van der Waals surface area contributed by atoms with E-state index in [1.807, 2.05) is 0 Å². The van der Waals surface area contributed by atoms with Gasteiger partial charge in [-0.1, -0.05) is 0 Å². The highest BCUT2D eigenvalue weighted by atomic mass is 31.2. The van der Waals surface area contributed by atoms with Crippen LogP contribution in [0.15, 0.2) is 18.9 Å². The van der Waals surface area contributed by atoms with Crippen LogP contribution in [0.5, 0.6) is 0 Å². The number of phosphoric acid groups is 3. The monoisotopic (exact) mass is 654 g/mol. The first-order valence-electron chi connectivity index (χ1n) is 11.2. The zero-order chi connectivity index (χ0) is 30.3. The van der Waals surface area contributed by atoms with Crippen LogP contribution in [0, 0.1) is 0 Å². The molecule has 0 spiro atoms. The van der Waals surface area contributed by atoms with Crippen molar-refractivity contribution in [2.24, 2.45) is 0 Å². The predicted octanol–water partition coefficient (Wildman–Crippen LogP) is -3.39. The van der Waals surface area contributed by atoms with Gasteiger partial charge in [-0.2, -0.15) is 0 Å². The number of fused-ring (bicyclic) bond motifs is 1. The van der Waals surface area contributed by atoms with E-state index in [2.05, 4.69) is 24.0 Å². The Morgan fingerprint density at radius 1 is 0.805 bits per heavy atom. The number of hydrogen-bond acceptors (Lipinski definition) is 15. The number of ether oxygens (including phenoxy) is 3. The number of aliphatic hydroxyl groups excluding tert-OH is 3. The summed E-state index contributed by atoms with van der Waals surface area (Å²) in [5.74, 6) is 0. The summed E-state index contributed by atoms with van der Waals surface area (Å²) in [6, 6.07) is 0. The summed E-state index contributed by atoms with van der Waals surface area (Å²) in [6.07, 6.45) is -13.6. The van der Waals surface area contributed by atoms with Gasteiger partial charge in [-0.15, -0.1) is 0 Å². The summed E-state index contributed by atoms with van der Waals surface area (Å²) in [6.45, 7) is -1.99. The molecule has 4 heterocycles. The third-order valence-electron chi connectivity index (χ3n) is 5.84. The molecule has 2 aliphatic rings. The largest absolute Gasteiger partial charge is 0.470 e. The lowest BCUT2D eigenvalue weighted by Gasteiger charge is -2.44. The van der Waals surface area contributed by atoms with E-state index in [1.54, 1.807) is 0 Å². The SMILES string of the molecule is O=P(O)(O)O[C@@H]1[C@@H](O)[C@@H](O[C@H]2[C@@H](OP(=O)(O)O)[C@H](n3cnc4cncnc43)O[C@@H]2CO)O[C@H](CO)[C@H]1OP(=O)(O)O. The van der Waals surface area contributed by atoms with Crippen LogP contribution in [0.3, 0.4) is 0 Å². The maximum Gasteiger partial charge on any atom is 0.470 e. The van der Waals surface area contributed by atoms with Gasteiger partial charge < -0.3 is 58.9 Å². The number of phosphoric ester groups is 3. The van der Waals surface area contributed by atoms with E-state index in [-0.39, 0.29) is 11.2 Å². The highest BCUT2D eigenvalue weighted by Crippen LogP contribution is 2.49. The minimum atomic E-state index is -5.50. The Labute approximate surface area is 228 Å². The van der Waals surface area contributed by atoms with Crippen molar-refractivity contribution in [1.82, 2.24) is 19.5 Å². The van der Waals surface area contributed by atoms with Crippen LogP contribution in [-0.2, 0) is 41.5 Å². The third kappa shape index (κ3) is 7.78. The van der Waals surface area contributed by atoms with Crippen molar-refractivity contribution < 1.29 is 86.2 Å². The van der Waals surface area contributed by atoms with Gasteiger partial charge in [0.2, 0.25) is 0 Å². The number of aromatic nitrogens is 4. The Balaban J connectivity index is 1.69. The van der Waals surface area contributed by atoms with Crippen molar-refractivity contribution in [3.63, 3.8) is 0 Å². The summed E-state index contributed by atoms with van der Waals surface area (Å²) >= 11 is 0. The number of aliphatic hydroxyl groups is 3. The molecule has 2 saturated heterocycles. The minimum absolute atomic E-state index is 0.114. The number of nitrogens with zero attached hydrogens (tertiary/aromatic N) is 4. The smallest absolute Gasteiger partial charge is 0.394 e. The van der Waals surface area contributed by atoms with Gasteiger partial charge in [0.05, 0.1) is 25.7 Å². The predicted molar refractivity (Wildman–Crippen MR) is 124 cm³/mol. The fraction of sp³-hybridized carbons (Fsp3) is 0.688. The fourth-order valence-electron chi connectivity index (χ4n) is 4.36. The van der Waals surface area contributed by atoms with Gasteiger partial charge in [0, 0.05) is 0 Å². The Kier molecular flexibility index (Phi) is 9.79. The Bertz CT molecular complexity index is 1350. The van der Waals surface area contributed by atoms with Gasteiger partial charge in [0.25, 0.3) is 0 Å². The normalized spacial score (nSPS) is 33.4. The van der Waals surface area contributed by atoms with Crippen LogP contribution in [0.1, 0.15) is 6.23 Å². The van der Waals surface area contributed by atoms with Crippen molar-refractivity contribution in [3.8, 4) is 0 Å². The van der Waals surface area contributed by atoms with Gasteiger partial charge in [0.1, 0.15) is 54.6 Å². The molecule has 2 aromatic heterocycles. The number of imidazole rings is 1. The lowest BCUT2D eigenvalue weighted by Crippen LogP contribution is -2.61. The Morgan fingerprint density at radius 2 is 1.37 bits per heavy atom. The summed E-state index contributed by atoms with van der Waals surface area (Å²) < 4.78 is 66.6. The van der Waals surface area contributed by atoms with Crippen molar-refractivity contribution in [2.75, 3.05) is 13.2 Å². The van der Waals surface area contributed by atoms with E-state index < -0.39 is 91.9 Å². The van der Waals surface area contributed by atoms with Crippen molar-refractivity contribution in [1.29, 1.82) is 0 Å². The molecule has 9 N–H and O–H groups in total. The van der Waals surface area contributed by atoms with Crippen LogP contribution in [0.4, 0.5) is 0 Å². The van der Waals surface area contributed by atoms with Crippen molar-refractivity contribution >= 4 is 34.6 Å². The highest BCUT2D eigenvalue weighted by Gasteiger charge is 2.56. The molecule has 0 saturated carbocycles. The van der Waals surface area contributed by atoms with Gasteiger partial charge >= 0.3 is 23.5 Å². The molecular weight excluding hydrogens is 629 g/mol. The molecule has 22 nitrogen and oxygen atoms in total. The maximum absolute atomic E-state index is 11.9. The summed E-state index contributed by atoms with van der Waals surface area (Å²) in [5, 5.41) is 30.6. The molecule has 41 heavy (non-hydrogen) atoms. The molecule has 9 atom stereocenters. The van der Waals surface area contributed by atoms with Crippen LogP contribution < -0.4 is 0 Å².